The van der Waals surface area contributed by atoms with E-state index in [2.05, 4.69) is 27.5 Å². The molecule has 0 radical (unpaired) electrons. The summed E-state index contributed by atoms with van der Waals surface area (Å²) >= 11 is 5.81. The van der Waals surface area contributed by atoms with Crippen LogP contribution in [0.25, 0.3) is 0 Å². The van der Waals surface area contributed by atoms with Gasteiger partial charge in [0.15, 0.2) is 17.5 Å². The molecule has 8 heteroatoms. The molecule has 0 amide bonds. The summed E-state index contributed by atoms with van der Waals surface area (Å²) in [6.07, 6.45) is 3.47. The van der Waals surface area contributed by atoms with Crippen molar-refractivity contribution in [2.75, 3.05) is 33.9 Å². The molecule has 1 heterocycles. The molecule has 2 rings (SSSR count). The van der Waals surface area contributed by atoms with Gasteiger partial charge in [0.2, 0.25) is 0 Å². The van der Waals surface area contributed by atoms with Crippen LogP contribution in [0.2, 0.25) is 5.15 Å². The molecule has 0 fully saturated rings. The Kier molecular flexibility index (Phi) is 11.7. The van der Waals surface area contributed by atoms with Crippen LogP contribution < -0.4 is 20.1 Å². The Bertz CT molecular complexity index is 741. The van der Waals surface area contributed by atoms with E-state index in [-0.39, 0.29) is 24.0 Å². The molecule has 6 nitrogen and oxygen atoms in total. The van der Waals surface area contributed by atoms with Crippen molar-refractivity contribution in [2.24, 2.45) is 4.99 Å². The topological polar surface area (TPSA) is 67.8 Å². The Balaban J connectivity index is 0.00000392. The number of ether oxygens (including phenoxy) is 2. The van der Waals surface area contributed by atoms with Gasteiger partial charge in [-0.1, -0.05) is 23.7 Å². The predicted molar refractivity (Wildman–Crippen MR) is 126 cm³/mol. The van der Waals surface area contributed by atoms with Gasteiger partial charge in [-0.2, -0.15) is 0 Å². The molecule has 0 aliphatic carbocycles. The third-order valence-corrected chi connectivity index (χ3v) is 4.18. The fourth-order valence-electron chi connectivity index (χ4n) is 2.55. The van der Waals surface area contributed by atoms with Gasteiger partial charge >= 0.3 is 0 Å². The molecule has 0 unspecified atom stereocenters. The van der Waals surface area contributed by atoms with Crippen molar-refractivity contribution in [1.82, 2.24) is 15.6 Å². The first kappa shape index (κ1) is 24.3. The van der Waals surface area contributed by atoms with Crippen LogP contribution in [0.4, 0.5) is 0 Å². The zero-order valence-electron chi connectivity index (χ0n) is 16.5. The number of nitrogens with zero attached hydrogens (tertiary/aromatic N) is 2. The lowest BCUT2D eigenvalue weighted by Crippen LogP contribution is -2.38. The average molecular weight is 519 g/mol. The van der Waals surface area contributed by atoms with Crippen LogP contribution in [0, 0.1) is 0 Å². The smallest absolute Gasteiger partial charge is 0.191 e. The van der Waals surface area contributed by atoms with Crippen molar-refractivity contribution < 1.29 is 9.47 Å². The van der Waals surface area contributed by atoms with Crippen molar-refractivity contribution in [3.63, 3.8) is 0 Å². The Labute approximate surface area is 189 Å². The molecule has 1 aromatic heterocycles. The summed E-state index contributed by atoms with van der Waals surface area (Å²) in [5, 5.41) is 7.12. The molecule has 0 saturated carbocycles. The zero-order valence-corrected chi connectivity index (χ0v) is 19.6. The van der Waals surface area contributed by atoms with Crippen molar-refractivity contribution in [3.8, 4) is 11.5 Å². The molecular formula is C20H28ClIN4O2. The standard InChI is InChI=1S/C20H27ClN4O2.HI/c1-4-22-20(24-12-10-16-6-8-19(21)25-14-16)23-11-9-15-5-7-17(26-2)18(13-15)27-3;/h5-8,13-14H,4,9-12H2,1-3H3,(H2,22,23,24);1H. The SMILES string of the molecule is CCNC(=NCCc1ccc(OC)c(OC)c1)NCCc1ccc(Cl)nc1.I. The minimum absolute atomic E-state index is 0. The monoisotopic (exact) mass is 518 g/mol. The third kappa shape index (κ3) is 8.10. The second kappa shape index (κ2) is 13.4. The Morgan fingerprint density at radius 1 is 1.04 bits per heavy atom. The van der Waals surface area contributed by atoms with Gasteiger partial charge in [0, 0.05) is 25.8 Å². The lowest BCUT2D eigenvalue weighted by atomic mass is 10.1. The first-order valence-corrected chi connectivity index (χ1v) is 9.37. The number of halogens is 2. The van der Waals surface area contributed by atoms with E-state index >= 15 is 0 Å². The van der Waals surface area contributed by atoms with Gasteiger partial charge in [0.05, 0.1) is 14.2 Å². The Hall–Kier alpha value is -1.74. The van der Waals surface area contributed by atoms with E-state index in [0.29, 0.717) is 11.7 Å². The average Bonchev–Trinajstić information content (AvgIpc) is 2.69. The summed E-state index contributed by atoms with van der Waals surface area (Å²) in [6.45, 7) is 4.30. The molecule has 2 aromatic rings. The summed E-state index contributed by atoms with van der Waals surface area (Å²) in [5.74, 6) is 2.27. The van der Waals surface area contributed by atoms with Crippen molar-refractivity contribution in [3.05, 3.63) is 52.8 Å². The van der Waals surface area contributed by atoms with Gasteiger partial charge < -0.3 is 20.1 Å². The lowest BCUT2D eigenvalue weighted by molar-refractivity contribution is 0.354. The highest BCUT2D eigenvalue weighted by atomic mass is 127. The summed E-state index contributed by atoms with van der Waals surface area (Å²) in [7, 11) is 3.28. The lowest BCUT2D eigenvalue weighted by Gasteiger charge is -2.12. The normalized spacial score (nSPS) is 10.8. The fourth-order valence-corrected chi connectivity index (χ4v) is 2.67. The van der Waals surface area contributed by atoms with Crippen LogP contribution in [-0.4, -0.2) is 44.8 Å². The van der Waals surface area contributed by atoms with Gasteiger partial charge in [-0.15, -0.1) is 24.0 Å². The molecule has 0 saturated heterocycles. The summed E-state index contributed by atoms with van der Waals surface area (Å²) < 4.78 is 10.6. The maximum atomic E-state index is 5.81. The highest BCUT2D eigenvalue weighted by Gasteiger charge is 2.04. The van der Waals surface area contributed by atoms with Crippen molar-refractivity contribution in [2.45, 2.75) is 19.8 Å². The van der Waals surface area contributed by atoms with E-state index in [9.17, 15) is 0 Å². The molecule has 28 heavy (non-hydrogen) atoms. The number of hydrogen-bond acceptors (Lipinski definition) is 4. The molecule has 0 spiro atoms. The summed E-state index contributed by atoms with van der Waals surface area (Å²) in [5.41, 5.74) is 2.28. The number of pyridine rings is 1. The predicted octanol–water partition coefficient (Wildman–Crippen LogP) is 3.71. The number of aromatic nitrogens is 1. The number of guanidine groups is 1. The zero-order chi connectivity index (χ0) is 19.5. The van der Waals surface area contributed by atoms with Gasteiger partial charge in [-0.05, 0) is 49.1 Å². The number of methoxy groups -OCH3 is 2. The van der Waals surface area contributed by atoms with Crippen LogP contribution >= 0.6 is 35.6 Å². The van der Waals surface area contributed by atoms with Gasteiger partial charge in [0.1, 0.15) is 5.15 Å². The van der Waals surface area contributed by atoms with Crippen LogP contribution in [0.5, 0.6) is 11.5 Å². The van der Waals surface area contributed by atoms with Crippen molar-refractivity contribution >= 4 is 41.5 Å². The van der Waals surface area contributed by atoms with Crippen LogP contribution in [-0.2, 0) is 12.8 Å². The molecule has 0 atom stereocenters. The van der Waals surface area contributed by atoms with Crippen LogP contribution in [0.3, 0.4) is 0 Å². The maximum Gasteiger partial charge on any atom is 0.191 e. The molecule has 1 aromatic carbocycles. The van der Waals surface area contributed by atoms with E-state index in [1.54, 1.807) is 26.5 Å². The van der Waals surface area contributed by atoms with Gasteiger partial charge in [0.25, 0.3) is 0 Å². The van der Waals surface area contributed by atoms with E-state index in [0.717, 1.165) is 54.5 Å². The number of benzene rings is 1. The van der Waals surface area contributed by atoms with E-state index in [1.165, 1.54) is 0 Å². The van der Waals surface area contributed by atoms with Gasteiger partial charge in [-0.25, -0.2) is 4.98 Å². The maximum absolute atomic E-state index is 5.81. The molecule has 2 N–H and O–H groups in total. The molecule has 0 aliphatic heterocycles. The van der Waals surface area contributed by atoms with E-state index < -0.39 is 0 Å². The van der Waals surface area contributed by atoms with E-state index in [4.69, 9.17) is 21.1 Å². The molecular weight excluding hydrogens is 491 g/mol. The van der Waals surface area contributed by atoms with Crippen LogP contribution in [0.1, 0.15) is 18.1 Å². The summed E-state index contributed by atoms with van der Waals surface area (Å²) in [4.78, 5) is 8.73. The quantitative estimate of drug-likeness (QED) is 0.229. The first-order chi connectivity index (χ1) is 13.2. The number of hydrogen-bond donors (Lipinski definition) is 2. The minimum atomic E-state index is 0. The first-order valence-electron chi connectivity index (χ1n) is 8.99. The third-order valence-electron chi connectivity index (χ3n) is 3.96. The van der Waals surface area contributed by atoms with Crippen LogP contribution in [0.15, 0.2) is 41.5 Å². The summed E-state index contributed by atoms with van der Waals surface area (Å²) in [6, 6.07) is 9.73. The molecule has 0 bridgehead atoms. The second-order valence-electron chi connectivity index (χ2n) is 5.87. The highest BCUT2D eigenvalue weighted by Crippen LogP contribution is 2.27. The van der Waals surface area contributed by atoms with Crippen molar-refractivity contribution in [1.29, 1.82) is 0 Å². The van der Waals surface area contributed by atoms with E-state index in [1.807, 2.05) is 24.3 Å². The highest BCUT2D eigenvalue weighted by molar-refractivity contribution is 14.0. The minimum Gasteiger partial charge on any atom is -0.493 e. The number of rotatable bonds is 9. The second-order valence-corrected chi connectivity index (χ2v) is 6.25. The Morgan fingerprint density at radius 2 is 1.79 bits per heavy atom. The largest absolute Gasteiger partial charge is 0.493 e. The fraction of sp³-hybridized carbons (Fsp3) is 0.400. The van der Waals surface area contributed by atoms with Gasteiger partial charge in [-0.3, -0.25) is 4.99 Å². The Morgan fingerprint density at radius 3 is 2.43 bits per heavy atom. The number of nitrogens with one attached hydrogen (secondary N) is 2. The molecule has 154 valence electrons. The molecule has 0 aliphatic rings. The number of aliphatic imine (C=N–C) groups is 1.